The first-order valence-electron chi connectivity index (χ1n) is 8.51. The Labute approximate surface area is 158 Å². The Bertz CT molecular complexity index is 570. The molecule has 1 atom stereocenters. The Morgan fingerprint density at radius 3 is 2.44 bits per heavy atom. The molecule has 152 valence electrons. The fraction of sp³-hybridized carbons (Fsp3) is 0.688. The van der Waals surface area contributed by atoms with Crippen LogP contribution in [0.15, 0.2) is 10.2 Å². The molecule has 0 aliphatic heterocycles. The molecule has 0 heterocycles. The van der Waals surface area contributed by atoms with E-state index in [1.54, 1.807) is 20.8 Å². The van der Waals surface area contributed by atoms with Crippen molar-refractivity contribution in [2.45, 2.75) is 64.5 Å². The van der Waals surface area contributed by atoms with Crippen LogP contribution in [0, 0.1) is 10.8 Å². The van der Waals surface area contributed by atoms with Crippen molar-refractivity contribution in [1.82, 2.24) is 10.6 Å². The zero-order valence-electron chi connectivity index (χ0n) is 15.9. The zero-order valence-corrected chi connectivity index (χ0v) is 15.9. The summed E-state index contributed by atoms with van der Waals surface area (Å²) in [7, 11) is 0. The number of unbranched alkanes of at least 4 members (excludes halogenated alkanes) is 1. The first-order valence-corrected chi connectivity index (χ1v) is 8.51. The van der Waals surface area contributed by atoms with E-state index in [1.807, 2.05) is 0 Å². The molecule has 5 N–H and O–H groups in total. The SMILES string of the molecule is CC(C)(C)OC(=O)NC(CCCCNC(=O)CCC(=N)N=NC=N)C(=O)O. The Balaban J connectivity index is 4.04. The molecule has 0 rings (SSSR count). The Morgan fingerprint density at radius 2 is 1.89 bits per heavy atom. The Hall–Kier alpha value is -2.85. The van der Waals surface area contributed by atoms with Crippen LogP contribution in [0.25, 0.3) is 0 Å². The molecule has 0 bridgehead atoms. The van der Waals surface area contributed by atoms with Gasteiger partial charge in [0.05, 0.1) is 0 Å². The van der Waals surface area contributed by atoms with Crippen LogP contribution in [0.3, 0.4) is 0 Å². The van der Waals surface area contributed by atoms with Gasteiger partial charge in [0, 0.05) is 19.4 Å². The molecular weight excluding hydrogens is 356 g/mol. The molecule has 0 radical (unpaired) electrons. The van der Waals surface area contributed by atoms with Gasteiger partial charge in [-0.2, -0.15) is 0 Å². The smallest absolute Gasteiger partial charge is 0.408 e. The second-order valence-corrected chi connectivity index (χ2v) is 6.67. The lowest BCUT2D eigenvalue weighted by atomic mass is 10.1. The molecule has 0 aromatic heterocycles. The lowest BCUT2D eigenvalue weighted by molar-refractivity contribution is -0.139. The lowest BCUT2D eigenvalue weighted by Gasteiger charge is -2.22. The van der Waals surface area contributed by atoms with Gasteiger partial charge in [0.15, 0.2) is 0 Å². The van der Waals surface area contributed by atoms with E-state index in [4.69, 9.17) is 20.7 Å². The van der Waals surface area contributed by atoms with Crippen molar-refractivity contribution in [3.05, 3.63) is 0 Å². The maximum Gasteiger partial charge on any atom is 0.408 e. The van der Waals surface area contributed by atoms with Crippen LogP contribution in [-0.4, -0.2) is 53.4 Å². The molecule has 1 unspecified atom stereocenters. The number of azo groups is 1. The van der Waals surface area contributed by atoms with Crippen LogP contribution in [-0.2, 0) is 14.3 Å². The number of aliphatic carboxylic acids is 1. The summed E-state index contributed by atoms with van der Waals surface area (Å²) in [5.41, 5.74) is -0.714. The van der Waals surface area contributed by atoms with Gasteiger partial charge in [-0.3, -0.25) is 15.6 Å². The summed E-state index contributed by atoms with van der Waals surface area (Å²) in [4.78, 5) is 34.5. The first kappa shape index (κ1) is 24.1. The van der Waals surface area contributed by atoms with Crippen molar-refractivity contribution in [3.8, 4) is 0 Å². The van der Waals surface area contributed by atoms with E-state index in [2.05, 4.69) is 20.9 Å². The number of carbonyl (C=O) groups excluding carboxylic acids is 2. The number of alkyl carbamates (subject to hydrolysis) is 1. The fourth-order valence-corrected chi connectivity index (χ4v) is 1.88. The number of carboxylic acid groups (broad SMARTS) is 1. The zero-order chi connectivity index (χ0) is 20.9. The van der Waals surface area contributed by atoms with Crippen molar-refractivity contribution < 1.29 is 24.2 Å². The number of hydrogen-bond acceptors (Lipinski definition) is 6. The van der Waals surface area contributed by atoms with E-state index in [-0.39, 0.29) is 31.0 Å². The van der Waals surface area contributed by atoms with Gasteiger partial charge in [-0.15, -0.1) is 10.2 Å². The molecule has 2 amide bonds. The van der Waals surface area contributed by atoms with Gasteiger partial charge in [0.1, 0.15) is 23.8 Å². The molecule has 11 nitrogen and oxygen atoms in total. The summed E-state index contributed by atoms with van der Waals surface area (Å²) in [5.74, 6) is -1.50. The van der Waals surface area contributed by atoms with E-state index >= 15 is 0 Å². The maximum absolute atomic E-state index is 11.6. The molecule has 0 fully saturated rings. The monoisotopic (exact) mass is 384 g/mol. The molecule has 0 aliphatic carbocycles. The second-order valence-electron chi connectivity index (χ2n) is 6.67. The van der Waals surface area contributed by atoms with Gasteiger partial charge in [-0.1, -0.05) is 0 Å². The molecule has 0 spiro atoms. The number of rotatable bonds is 11. The van der Waals surface area contributed by atoms with Gasteiger partial charge in [0.25, 0.3) is 0 Å². The Kier molecular flexibility index (Phi) is 11.2. The van der Waals surface area contributed by atoms with Crippen LogP contribution < -0.4 is 10.6 Å². The predicted molar refractivity (Wildman–Crippen MR) is 98.3 cm³/mol. The second kappa shape index (κ2) is 12.5. The highest BCUT2D eigenvalue weighted by atomic mass is 16.6. The average Bonchev–Trinajstić information content (AvgIpc) is 2.54. The van der Waals surface area contributed by atoms with Crippen LogP contribution >= 0.6 is 0 Å². The quantitative estimate of drug-likeness (QED) is 0.158. The van der Waals surface area contributed by atoms with E-state index in [0.29, 0.717) is 25.7 Å². The van der Waals surface area contributed by atoms with Crippen molar-refractivity contribution >= 4 is 30.1 Å². The minimum atomic E-state index is -1.15. The molecular formula is C16H28N6O5. The van der Waals surface area contributed by atoms with Crippen molar-refractivity contribution in [1.29, 1.82) is 10.8 Å². The highest BCUT2D eigenvalue weighted by molar-refractivity contribution is 5.85. The topological polar surface area (TPSA) is 177 Å². The summed E-state index contributed by atoms with van der Waals surface area (Å²) in [6.45, 7) is 5.41. The van der Waals surface area contributed by atoms with Crippen LogP contribution in [0.2, 0.25) is 0 Å². The largest absolute Gasteiger partial charge is 0.480 e. The Morgan fingerprint density at radius 1 is 1.22 bits per heavy atom. The molecule has 0 aromatic rings. The molecule has 27 heavy (non-hydrogen) atoms. The molecule has 0 aliphatic rings. The van der Waals surface area contributed by atoms with Crippen molar-refractivity contribution in [2.75, 3.05) is 6.54 Å². The molecule has 0 saturated carbocycles. The third-order valence-electron chi connectivity index (χ3n) is 3.06. The number of ether oxygens (including phenoxy) is 1. The highest BCUT2D eigenvalue weighted by Crippen LogP contribution is 2.08. The highest BCUT2D eigenvalue weighted by Gasteiger charge is 2.23. The van der Waals surface area contributed by atoms with Gasteiger partial charge in [-0.25, -0.2) is 9.59 Å². The van der Waals surface area contributed by atoms with Crippen LogP contribution in [0.5, 0.6) is 0 Å². The number of nitrogens with one attached hydrogen (secondary N) is 4. The first-order chi connectivity index (χ1) is 12.5. The van der Waals surface area contributed by atoms with Crippen LogP contribution in [0.4, 0.5) is 4.79 Å². The normalized spacial score (nSPS) is 12.3. The van der Waals surface area contributed by atoms with E-state index in [1.165, 1.54) is 0 Å². The van der Waals surface area contributed by atoms with E-state index in [9.17, 15) is 14.4 Å². The minimum Gasteiger partial charge on any atom is -0.480 e. The number of carboxylic acids is 1. The summed E-state index contributed by atoms with van der Waals surface area (Å²) >= 11 is 0. The predicted octanol–water partition coefficient (Wildman–Crippen LogP) is 2.07. The molecule has 0 aromatic carbocycles. The van der Waals surface area contributed by atoms with Gasteiger partial charge >= 0.3 is 12.1 Å². The minimum absolute atomic E-state index is 0.0772. The standard InChI is InChI=1S/C16H28N6O5/c1-16(2,3)27-15(26)21-11(14(24)25)6-4-5-9-19-13(23)8-7-12(18)22-20-10-17/h10-11,17-18H,4-9H2,1-3H3,(H,19,23)(H,21,26)(H,24,25). The van der Waals surface area contributed by atoms with Crippen molar-refractivity contribution in [3.63, 3.8) is 0 Å². The third kappa shape index (κ3) is 14.0. The van der Waals surface area contributed by atoms with Gasteiger partial charge in [-0.05, 0) is 40.0 Å². The van der Waals surface area contributed by atoms with Gasteiger partial charge in [0.2, 0.25) is 5.91 Å². The van der Waals surface area contributed by atoms with E-state index < -0.39 is 23.7 Å². The number of hydrogen-bond donors (Lipinski definition) is 5. The summed E-state index contributed by atoms with van der Waals surface area (Å²) in [5, 5.41) is 34.8. The average molecular weight is 384 g/mol. The van der Waals surface area contributed by atoms with Crippen molar-refractivity contribution in [2.24, 2.45) is 10.2 Å². The number of carbonyl (C=O) groups is 3. The lowest BCUT2D eigenvalue weighted by Crippen LogP contribution is -2.43. The number of nitrogens with zero attached hydrogens (tertiary/aromatic N) is 2. The fourth-order valence-electron chi connectivity index (χ4n) is 1.88. The third-order valence-corrected chi connectivity index (χ3v) is 3.06. The maximum atomic E-state index is 11.6. The van der Waals surface area contributed by atoms with Crippen LogP contribution in [0.1, 0.15) is 52.9 Å². The van der Waals surface area contributed by atoms with Gasteiger partial charge < -0.3 is 20.5 Å². The summed E-state index contributed by atoms with van der Waals surface area (Å²) in [6, 6.07) is -1.06. The summed E-state index contributed by atoms with van der Waals surface area (Å²) in [6.07, 6.45) is 1.34. The molecule has 0 saturated heterocycles. The number of amidine groups is 1. The van der Waals surface area contributed by atoms with E-state index in [0.717, 1.165) is 0 Å². The number of amides is 2. The molecule has 11 heteroatoms. The summed E-state index contributed by atoms with van der Waals surface area (Å²) < 4.78 is 5.03.